The molecule has 3 heteroatoms. The van der Waals surface area contributed by atoms with E-state index in [1.54, 1.807) is 0 Å². The summed E-state index contributed by atoms with van der Waals surface area (Å²) in [6, 6.07) is 6.31. The molecule has 1 atom stereocenters. The Kier molecular flexibility index (Phi) is 1.95. The van der Waals surface area contributed by atoms with Crippen LogP contribution in [0.2, 0.25) is 0 Å². The van der Waals surface area contributed by atoms with Crippen molar-refractivity contribution in [2.24, 2.45) is 0 Å². The van der Waals surface area contributed by atoms with E-state index in [1.165, 1.54) is 11.1 Å². The van der Waals surface area contributed by atoms with Gasteiger partial charge in [-0.2, -0.15) is 0 Å². The summed E-state index contributed by atoms with van der Waals surface area (Å²) in [7, 11) is 0. The Morgan fingerprint density at radius 1 is 1.50 bits per heavy atom. The van der Waals surface area contributed by atoms with Crippen molar-refractivity contribution in [1.29, 1.82) is 0 Å². The second-order valence-corrected chi connectivity index (χ2v) is 3.38. The molecule has 0 saturated heterocycles. The van der Waals surface area contributed by atoms with Gasteiger partial charge in [0, 0.05) is 11.7 Å². The number of hydrogen-bond acceptors (Lipinski definition) is 2. The number of rotatable bonds is 1. The maximum absolute atomic E-state index is 5.66. The molecule has 0 aromatic heterocycles. The highest BCUT2D eigenvalue weighted by molar-refractivity contribution is 6.13. The van der Waals surface area contributed by atoms with E-state index in [9.17, 15) is 0 Å². The number of nitrogens with two attached hydrogens (primary N) is 1. The highest BCUT2D eigenvalue weighted by Gasteiger charge is 2.20. The van der Waals surface area contributed by atoms with Crippen LogP contribution in [0, 0.1) is 0 Å². The predicted octanol–water partition coefficient (Wildman–Crippen LogP) is 2.00. The summed E-state index contributed by atoms with van der Waals surface area (Å²) in [5, 5.41) is 0. The molecular formula is C9H11ClN2. The smallest absolute Gasteiger partial charge is 0.0476 e. The normalized spacial score (nSPS) is 20.9. The lowest BCUT2D eigenvalue weighted by Crippen LogP contribution is -2.06. The van der Waals surface area contributed by atoms with E-state index in [4.69, 9.17) is 17.5 Å². The second kappa shape index (κ2) is 2.96. The zero-order valence-electron chi connectivity index (χ0n) is 6.68. The molecule has 0 bridgehead atoms. The third-order valence-electron chi connectivity index (χ3n) is 2.38. The number of anilines is 1. The van der Waals surface area contributed by atoms with Gasteiger partial charge in [-0.05, 0) is 47.9 Å². The van der Waals surface area contributed by atoms with E-state index >= 15 is 0 Å². The molecule has 0 amide bonds. The van der Waals surface area contributed by atoms with Crippen molar-refractivity contribution in [2.45, 2.75) is 18.9 Å². The van der Waals surface area contributed by atoms with Crippen LogP contribution in [-0.2, 0) is 6.42 Å². The summed E-state index contributed by atoms with van der Waals surface area (Å²) >= 11 is 5.59. The van der Waals surface area contributed by atoms with Crippen LogP contribution < -0.4 is 10.6 Å². The highest BCUT2D eigenvalue weighted by Crippen LogP contribution is 2.32. The van der Waals surface area contributed by atoms with Gasteiger partial charge in [0.25, 0.3) is 0 Å². The van der Waals surface area contributed by atoms with Gasteiger partial charge in [0.1, 0.15) is 0 Å². The fourth-order valence-corrected chi connectivity index (χ4v) is 1.98. The fraction of sp³-hybridized carbons (Fsp3) is 0.333. The van der Waals surface area contributed by atoms with E-state index in [0.717, 1.165) is 18.5 Å². The lowest BCUT2D eigenvalue weighted by molar-refractivity contribution is 0.660. The van der Waals surface area contributed by atoms with Crippen LogP contribution in [-0.4, -0.2) is 0 Å². The van der Waals surface area contributed by atoms with Crippen molar-refractivity contribution in [2.75, 3.05) is 5.73 Å². The molecule has 2 nitrogen and oxygen atoms in total. The number of aryl methyl sites for hydroxylation is 1. The number of halogens is 1. The van der Waals surface area contributed by atoms with Crippen molar-refractivity contribution in [1.82, 2.24) is 4.84 Å². The maximum atomic E-state index is 5.66. The average Bonchev–Trinajstić information content (AvgIpc) is 2.46. The number of fused-ring (bicyclic) bond motifs is 1. The lowest BCUT2D eigenvalue weighted by Gasteiger charge is -2.07. The van der Waals surface area contributed by atoms with Gasteiger partial charge in [-0.15, -0.1) is 0 Å². The van der Waals surface area contributed by atoms with Crippen LogP contribution in [0.4, 0.5) is 5.69 Å². The molecule has 1 aromatic carbocycles. The summed E-state index contributed by atoms with van der Waals surface area (Å²) in [5.74, 6) is 0. The van der Waals surface area contributed by atoms with E-state index in [2.05, 4.69) is 10.9 Å². The van der Waals surface area contributed by atoms with E-state index in [1.807, 2.05) is 12.1 Å². The molecule has 0 radical (unpaired) electrons. The van der Waals surface area contributed by atoms with Gasteiger partial charge < -0.3 is 5.73 Å². The van der Waals surface area contributed by atoms with E-state index in [0.29, 0.717) is 6.04 Å². The zero-order chi connectivity index (χ0) is 8.55. The summed E-state index contributed by atoms with van der Waals surface area (Å²) < 4.78 is 0. The average molecular weight is 183 g/mol. The summed E-state index contributed by atoms with van der Waals surface area (Å²) in [5.41, 5.74) is 9.12. The van der Waals surface area contributed by atoms with Crippen molar-refractivity contribution in [3.63, 3.8) is 0 Å². The Hall–Kier alpha value is -0.730. The van der Waals surface area contributed by atoms with E-state index in [-0.39, 0.29) is 0 Å². The number of nitrogen functional groups attached to an aromatic ring is 1. The molecule has 1 aliphatic carbocycles. The minimum atomic E-state index is 0.308. The number of nitrogens with one attached hydrogen (secondary N) is 1. The quantitative estimate of drug-likeness (QED) is 0.515. The third-order valence-corrected chi connectivity index (χ3v) is 2.64. The van der Waals surface area contributed by atoms with Gasteiger partial charge in [0.2, 0.25) is 0 Å². The van der Waals surface area contributed by atoms with Gasteiger partial charge in [0.15, 0.2) is 0 Å². The topological polar surface area (TPSA) is 38.0 Å². The predicted molar refractivity (Wildman–Crippen MR) is 50.9 cm³/mol. The van der Waals surface area contributed by atoms with Crippen molar-refractivity contribution in [3.05, 3.63) is 29.3 Å². The molecule has 0 aliphatic heterocycles. The summed E-state index contributed by atoms with van der Waals surface area (Å²) in [6.07, 6.45) is 2.15. The number of benzene rings is 1. The Morgan fingerprint density at radius 3 is 3.08 bits per heavy atom. The standard InChI is InChI=1S/C9H11ClN2/c10-12-9-4-1-6-5-7(11)2-3-8(6)9/h2-3,5,9,12H,1,4,11H2/t9-/m0/s1. The minimum Gasteiger partial charge on any atom is -0.399 e. The first-order valence-corrected chi connectivity index (χ1v) is 4.43. The van der Waals surface area contributed by atoms with Gasteiger partial charge >= 0.3 is 0 Å². The van der Waals surface area contributed by atoms with Crippen molar-refractivity contribution >= 4 is 17.5 Å². The Morgan fingerprint density at radius 2 is 2.33 bits per heavy atom. The van der Waals surface area contributed by atoms with Gasteiger partial charge in [0.05, 0.1) is 0 Å². The first kappa shape index (κ1) is 7.90. The first-order chi connectivity index (χ1) is 5.81. The molecule has 0 saturated carbocycles. The molecule has 1 aliphatic rings. The molecule has 0 heterocycles. The Labute approximate surface area is 76.8 Å². The van der Waals surface area contributed by atoms with Crippen LogP contribution in [0.25, 0.3) is 0 Å². The second-order valence-electron chi connectivity index (χ2n) is 3.16. The Bertz CT molecular complexity index is 299. The molecular weight excluding hydrogens is 172 g/mol. The summed E-state index contributed by atoms with van der Waals surface area (Å²) in [4.78, 5) is 2.77. The molecule has 64 valence electrons. The molecule has 0 fully saturated rings. The van der Waals surface area contributed by atoms with Gasteiger partial charge in [-0.25, -0.2) is 4.84 Å². The first-order valence-electron chi connectivity index (χ1n) is 4.05. The van der Waals surface area contributed by atoms with Crippen LogP contribution in [0.15, 0.2) is 18.2 Å². The molecule has 3 N–H and O–H groups in total. The Balaban J connectivity index is 2.40. The maximum Gasteiger partial charge on any atom is 0.0476 e. The van der Waals surface area contributed by atoms with Crippen molar-refractivity contribution in [3.8, 4) is 0 Å². The van der Waals surface area contributed by atoms with Gasteiger partial charge in [-0.3, -0.25) is 0 Å². The van der Waals surface area contributed by atoms with Crippen LogP contribution in [0.3, 0.4) is 0 Å². The SMILES string of the molecule is Nc1ccc2c(c1)CC[C@@H]2NCl. The zero-order valence-corrected chi connectivity index (χ0v) is 7.43. The monoisotopic (exact) mass is 182 g/mol. The third kappa shape index (κ3) is 1.17. The summed E-state index contributed by atoms with van der Waals surface area (Å²) in [6.45, 7) is 0. The van der Waals surface area contributed by atoms with Crippen LogP contribution >= 0.6 is 11.8 Å². The highest BCUT2D eigenvalue weighted by atomic mass is 35.5. The molecule has 1 aromatic rings. The molecule has 0 spiro atoms. The van der Waals surface area contributed by atoms with Crippen LogP contribution in [0.1, 0.15) is 23.6 Å². The minimum absolute atomic E-state index is 0.308. The molecule has 12 heavy (non-hydrogen) atoms. The number of hydrogen-bond donors (Lipinski definition) is 2. The van der Waals surface area contributed by atoms with Crippen molar-refractivity contribution < 1.29 is 0 Å². The largest absolute Gasteiger partial charge is 0.399 e. The van der Waals surface area contributed by atoms with E-state index < -0.39 is 0 Å². The molecule has 2 rings (SSSR count). The lowest BCUT2D eigenvalue weighted by atomic mass is 10.1. The fourth-order valence-electron chi connectivity index (χ4n) is 1.75. The molecule has 0 unspecified atom stereocenters. The van der Waals surface area contributed by atoms with Crippen LogP contribution in [0.5, 0.6) is 0 Å². The van der Waals surface area contributed by atoms with Gasteiger partial charge in [-0.1, -0.05) is 6.07 Å².